The van der Waals surface area contributed by atoms with Crippen LogP contribution in [0.1, 0.15) is 18.5 Å². The van der Waals surface area contributed by atoms with Crippen LogP contribution in [0.4, 0.5) is 9.18 Å². The van der Waals surface area contributed by atoms with E-state index >= 15 is 0 Å². The SMILES string of the molecule is CCOC(=O)N1CCN(CC(c2ccc(F)cc2)N2CCOCC2)CC1.O=C(O)/C=C\C(=O)O.O=C(O)/C=C\C(=O)O. The maximum Gasteiger partial charge on any atom is 0.409 e. The lowest BCUT2D eigenvalue weighted by atomic mass is 10.0. The summed E-state index contributed by atoms with van der Waals surface area (Å²) in [5.74, 6) is -5.24. The van der Waals surface area contributed by atoms with E-state index in [4.69, 9.17) is 29.9 Å². The second kappa shape index (κ2) is 19.7. The molecule has 0 bridgehead atoms. The normalized spacial score (nSPS) is 16.5. The van der Waals surface area contributed by atoms with Crippen LogP contribution in [0.2, 0.25) is 0 Å². The molecule has 2 saturated heterocycles. The molecule has 2 fully saturated rings. The molecule has 1 amide bonds. The minimum Gasteiger partial charge on any atom is -0.478 e. The number of ether oxygens (including phenoxy) is 2. The van der Waals surface area contributed by atoms with E-state index in [0.717, 1.165) is 51.5 Å². The quantitative estimate of drug-likeness (QED) is 0.299. The van der Waals surface area contributed by atoms with Gasteiger partial charge in [-0.05, 0) is 24.6 Å². The average Bonchev–Trinajstić information content (AvgIpc) is 2.96. The number of morpholine rings is 1. The molecule has 42 heavy (non-hydrogen) atoms. The number of nitrogens with zero attached hydrogens (tertiary/aromatic N) is 3. The van der Waals surface area contributed by atoms with Crippen molar-refractivity contribution in [3.05, 3.63) is 60.0 Å². The minimum atomic E-state index is -1.26. The third-order valence-electron chi connectivity index (χ3n) is 5.81. The first kappa shape index (κ1) is 35.7. The van der Waals surface area contributed by atoms with E-state index in [1.54, 1.807) is 4.90 Å². The van der Waals surface area contributed by atoms with Crippen molar-refractivity contribution in [2.75, 3.05) is 65.6 Å². The molecule has 1 aromatic carbocycles. The summed E-state index contributed by atoms with van der Waals surface area (Å²) in [6, 6.07) is 7.02. The molecule has 232 valence electrons. The fourth-order valence-corrected chi connectivity index (χ4v) is 3.86. The first-order chi connectivity index (χ1) is 19.9. The predicted octanol–water partition coefficient (Wildman–Crippen LogP) is 1.40. The smallest absolute Gasteiger partial charge is 0.409 e. The first-order valence-electron chi connectivity index (χ1n) is 12.9. The van der Waals surface area contributed by atoms with E-state index in [0.29, 0.717) is 44.0 Å². The summed E-state index contributed by atoms with van der Waals surface area (Å²) in [5, 5.41) is 31.2. The minimum absolute atomic E-state index is 0.202. The van der Waals surface area contributed by atoms with Gasteiger partial charge < -0.3 is 34.8 Å². The van der Waals surface area contributed by atoms with Gasteiger partial charge in [-0.15, -0.1) is 0 Å². The summed E-state index contributed by atoms with van der Waals surface area (Å²) in [4.78, 5) is 56.6. The van der Waals surface area contributed by atoms with Crippen LogP contribution < -0.4 is 0 Å². The summed E-state index contributed by atoms with van der Waals surface area (Å²) in [7, 11) is 0. The summed E-state index contributed by atoms with van der Waals surface area (Å²) < 4.78 is 23.9. The summed E-state index contributed by atoms with van der Waals surface area (Å²) >= 11 is 0. The standard InChI is InChI=1S/C19H28FN3O3.2C4H4O4/c1-2-26-19(24)23-9-7-21(8-10-23)15-18(22-11-13-25-14-12-22)16-3-5-17(20)6-4-16;2*5-3(6)1-2-4(7)8/h3-6,18H,2,7-15H2,1H3;2*1-2H,(H,5,6)(H,7,8)/b;2*2-1-. The molecule has 4 N–H and O–H groups in total. The van der Waals surface area contributed by atoms with E-state index in [9.17, 15) is 28.4 Å². The third-order valence-corrected chi connectivity index (χ3v) is 5.81. The molecule has 14 nitrogen and oxygen atoms in total. The van der Waals surface area contributed by atoms with Crippen LogP contribution in [0.3, 0.4) is 0 Å². The highest BCUT2D eigenvalue weighted by Gasteiger charge is 2.28. The second-order valence-corrected chi connectivity index (χ2v) is 8.72. The molecule has 1 aromatic rings. The Morgan fingerprint density at radius 2 is 1.26 bits per heavy atom. The molecule has 15 heteroatoms. The molecule has 2 aliphatic rings. The monoisotopic (exact) mass is 597 g/mol. The zero-order chi connectivity index (χ0) is 31.5. The van der Waals surface area contributed by atoms with Crippen LogP contribution in [0.25, 0.3) is 0 Å². The molecule has 3 rings (SSSR count). The van der Waals surface area contributed by atoms with Gasteiger partial charge in [0.25, 0.3) is 0 Å². The van der Waals surface area contributed by atoms with Crippen molar-refractivity contribution < 1.29 is 58.3 Å². The van der Waals surface area contributed by atoms with Crippen LogP contribution >= 0.6 is 0 Å². The highest BCUT2D eigenvalue weighted by atomic mass is 19.1. The van der Waals surface area contributed by atoms with Crippen molar-refractivity contribution in [1.29, 1.82) is 0 Å². The molecule has 2 heterocycles. The van der Waals surface area contributed by atoms with Gasteiger partial charge >= 0.3 is 30.0 Å². The van der Waals surface area contributed by atoms with Crippen molar-refractivity contribution in [2.45, 2.75) is 13.0 Å². The van der Waals surface area contributed by atoms with Crippen molar-refractivity contribution in [2.24, 2.45) is 0 Å². The fourth-order valence-electron chi connectivity index (χ4n) is 3.86. The maximum atomic E-state index is 13.3. The van der Waals surface area contributed by atoms with Gasteiger partial charge in [0, 0.05) is 76.2 Å². The zero-order valence-corrected chi connectivity index (χ0v) is 23.1. The number of amides is 1. The van der Waals surface area contributed by atoms with Gasteiger partial charge in [0.05, 0.1) is 19.8 Å². The molecule has 2 aliphatic heterocycles. The van der Waals surface area contributed by atoms with Gasteiger partial charge in [-0.2, -0.15) is 0 Å². The zero-order valence-electron chi connectivity index (χ0n) is 23.1. The molecular weight excluding hydrogens is 561 g/mol. The number of benzene rings is 1. The van der Waals surface area contributed by atoms with Gasteiger partial charge in [0.15, 0.2) is 0 Å². The number of hydrogen-bond donors (Lipinski definition) is 4. The molecule has 1 unspecified atom stereocenters. The van der Waals surface area contributed by atoms with Crippen molar-refractivity contribution in [1.82, 2.24) is 14.7 Å². The third kappa shape index (κ3) is 15.4. The molecule has 0 spiro atoms. The number of rotatable bonds is 9. The van der Waals surface area contributed by atoms with E-state index in [1.165, 1.54) is 12.1 Å². The van der Waals surface area contributed by atoms with Gasteiger partial charge in [-0.3, -0.25) is 9.80 Å². The Balaban J connectivity index is 0.000000454. The number of halogens is 1. The number of hydrogen-bond acceptors (Lipinski definition) is 9. The van der Waals surface area contributed by atoms with E-state index < -0.39 is 23.9 Å². The Hall–Kier alpha value is -4.34. The number of carbonyl (C=O) groups excluding carboxylic acids is 1. The summed E-state index contributed by atoms with van der Waals surface area (Å²) in [6.07, 6.45) is 2.01. The Morgan fingerprint density at radius 3 is 1.67 bits per heavy atom. The summed E-state index contributed by atoms with van der Waals surface area (Å²) in [6.45, 7) is 9.31. The van der Waals surface area contributed by atoms with Gasteiger partial charge in [0.2, 0.25) is 0 Å². The molecule has 0 aromatic heterocycles. The lowest BCUT2D eigenvalue weighted by molar-refractivity contribution is -0.134. The number of carboxylic acid groups (broad SMARTS) is 4. The second-order valence-electron chi connectivity index (χ2n) is 8.72. The first-order valence-corrected chi connectivity index (χ1v) is 12.9. The summed E-state index contributed by atoms with van der Waals surface area (Å²) in [5.41, 5.74) is 1.13. The lowest BCUT2D eigenvalue weighted by Gasteiger charge is -2.40. The van der Waals surface area contributed by atoms with Crippen LogP contribution in [-0.2, 0) is 28.7 Å². The van der Waals surface area contributed by atoms with Crippen LogP contribution in [0.15, 0.2) is 48.6 Å². The Morgan fingerprint density at radius 1 is 0.810 bits per heavy atom. The maximum absolute atomic E-state index is 13.3. The van der Waals surface area contributed by atoms with Gasteiger partial charge in [-0.1, -0.05) is 12.1 Å². The fraction of sp³-hybridized carbons (Fsp3) is 0.444. The molecule has 1 atom stereocenters. The number of aliphatic carboxylic acids is 4. The van der Waals surface area contributed by atoms with Crippen molar-refractivity contribution in [3.8, 4) is 0 Å². The van der Waals surface area contributed by atoms with Gasteiger partial charge in [0.1, 0.15) is 5.82 Å². The van der Waals surface area contributed by atoms with E-state index in [-0.39, 0.29) is 18.0 Å². The van der Waals surface area contributed by atoms with Gasteiger partial charge in [-0.25, -0.2) is 28.4 Å². The molecule has 0 aliphatic carbocycles. The molecule has 0 radical (unpaired) electrons. The highest BCUT2D eigenvalue weighted by molar-refractivity contribution is 5.90. The Labute approximate surface area is 241 Å². The highest BCUT2D eigenvalue weighted by Crippen LogP contribution is 2.24. The van der Waals surface area contributed by atoms with Crippen molar-refractivity contribution in [3.63, 3.8) is 0 Å². The molecule has 0 saturated carbocycles. The number of carbonyl (C=O) groups is 5. The van der Waals surface area contributed by atoms with Crippen LogP contribution in [0.5, 0.6) is 0 Å². The van der Waals surface area contributed by atoms with E-state index in [2.05, 4.69) is 9.80 Å². The van der Waals surface area contributed by atoms with Crippen LogP contribution in [0, 0.1) is 5.82 Å². The van der Waals surface area contributed by atoms with Crippen molar-refractivity contribution >= 4 is 30.0 Å². The number of carboxylic acids is 4. The predicted molar refractivity (Wildman–Crippen MR) is 145 cm³/mol. The van der Waals surface area contributed by atoms with Crippen LogP contribution in [-0.4, -0.2) is 131 Å². The number of piperazine rings is 1. The largest absolute Gasteiger partial charge is 0.478 e. The molecular formula is C27H36FN3O11. The van der Waals surface area contributed by atoms with E-state index in [1.807, 2.05) is 19.1 Å². The lowest BCUT2D eigenvalue weighted by Crippen LogP contribution is -2.51. The Bertz CT molecular complexity index is 1020. The Kier molecular flexibility index (Phi) is 16.7. The average molecular weight is 598 g/mol. The topological polar surface area (TPSA) is 194 Å².